The van der Waals surface area contributed by atoms with Gasteiger partial charge in [-0.05, 0) is 37.3 Å². The summed E-state index contributed by atoms with van der Waals surface area (Å²) in [6, 6.07) is 8.89. The maximum Gasteiger partial charge on any atom is 0.325 e. The molecule has 1 N–H and O–H groups in total. The number of esters is 1. The number of ether oxygens (including phenoxy) is 3. The smallest absolute Gasteiger partial charge is 0.325 e. The molecule has 0 atom stereocenters. The lowest BCUT2D eigenvalue weighted by atomic mass is 10.2. The molecule has 0 spiro atoms. The normalized spacial score (nSPS) is 12.0. The molecule has 3 aromatic rings. The van der Waals surface area contributed by atoms with Gasteiger partial charge in [0.05, 0.1) is 6.61 Å². The minimum absolute atomic E-state index is 0.0104. The van der Waals surface area contributed by atoms with Crippen molar-refractivity contribution >= 4 is 11.9 Å². The van der Waals surface area contributed by atoms with Gasteiger partial charge in [0.25, 0.3) is 5.89 Å². The number of nitrogens with one attached hydrogen (secondary N) is 1. The van der Waals surface area contributed by atoms with Crippen LogP contribution in [0.1, 0.15) is 6.92 Å². The highest BCUT2D eigenvalue weighted by atomic mass is 16.7. The van der Waals surface area contributed by atoms with Crippen molar-refractivity contribution in [3.8, 4) is 34.5 Å². The lowest BCUT2D eigenvalue weighted by Crippen LogP contribution is -2.33. The summed E-state index contributed by atoms with van der Waals surface area (Å²) in [4.78, 5) is 27.9. The number of amides is 1. The molecule has 1 aliphatic heterocycles. The molecule has 1 aromatic carbocycles. The van der Waals surface area contributed by atoms with E-state index in [9.17, 15) is 9.59 Å². The molecule has 4 rings (SSSR count). The van der Waals surface area contributed by atoms with Crippen LogP contribution in [0.2, 0.25) is 0 Å². The molecule has 150 valence electrons. The fourth-order valence-electron chi connectivity index (χ4n) is 2.82. The van der Waals surface area contributed by atoms with Crippen molar-refractivity contribution in [2.24, 2.45) is 0 Å². The minimum Gasteiger partial charge on any atom is -0.465 e. The Kier molecular flexibility index (Phi) is 5.14. The van der Waals surface area contributed by atoms with Crippen molar-refractivity contribution in [1.29, 1.82) is 0 Å². The van der Waals surface area contributed by atoms with Crippen LogP contribution in [0.5, 0.6) is 11.5 Å². The van der Waals surface area contributed by atoms with Gasteiger partial charge in [-0.25, -0.2) is 0 Å². The van der Waals surface area contributed by atoms with Crippen molar-refractivity contribution in [2.45, 2.75) is 13.5 Å². The predicted molar refractivity (Wildman–Crippen MR) is 98.9 cm³/mol. The maximum absolute atomic E-state index is 12.1. The van der Waals surface area contributed by atoms with Crippen molar-refractivity contribution in [3.05, 3.63) is 36.5 Å². The van der Waals surface area contributed by atoms with E-state index in [0.717, 1.165) is 5.56 Å². The van der Waals surface area contributed by atoms with E-state index in [0.29, 0.717) is 23.0 Å². The maximum atomic E-state index is 12.1. The van der Waals surface area contributed by atoms with E-state index < -0.39 is 5.97 Å². The van der Waals surface area contributed by atoms with E-state index in [1.165, 1.54) is 0 Å². The van der Waals surface area contributed by atoms with Gasteiger partial charge in [0.2, 0.25) is 18.5 Å². The number of hydrogen-bond donors (Lipinski definition) is 1. The van der Waals surface area contributed by atoms with E-state index in [-0.39, 0.29) is 38.3 Å². The summed E-state index contributed by atoms with van der Waals surface area (Å²) in [7, 11) is 0. The molecule has 1 aliphatic rings. The van der Waals surface area contributed by atoms with E-state index in [1.807, 2.05) is 6.07 Å². The monoisotopic (exact) mass is 398 g/mol. The molecule has 10 nitrogen and oxygen atoms in total. The predicted octanol–water partition coefficient (Wildman–Crippen LogP) is 1.61. The zero-order valence-corrected chi connectivity index (χ0v) is 15.6. The summed E-state index contributed by atoms with van der Waals surface area (Å²) in [6.07, 6.45) is 1.71. The first-order valence-electron chi connectivity index (χ1n) is 8.95. The average Bonchev–Trinajstić information content (AvgIpc) is 3.45. The van der Waals surface area contributed by atoms with Crippen LogP contribution in [0, 0.1) is 0 Å². The molecule has 0 radical (unpaired) electrons. The van der Waals surface area contributed by atoms with Crippen LogP contribution >= 0.6 is 0 Å². The van der Waals surface area contributed by atoms with Crippen LogP contribution in [0.4, 0.5) is 0 Å². The van der Waals surface area contributed by atoms with E-state index in [4.69, 9.17) is 18.7 Å². The Labute approximate surface area is 165 Å². The molecule has 2 aromatic heterocycles. The topological polar surface area (TPSA) is 118 Å². The number of rotatable bonds is 7. The van der Waals surface area contributed by atoms with E-state index in [2.05, 4.69) is 15.5 Å². The lowest BCUT2D eigenvalue weighted by Gasteiger charge is -2.07. The Hall–Kier alpha value is -3.82. The van der Waals surface area contributed by atoms with Crippen LogP contribution in [0.3, 0.4) is 0 Å². The number of benzene rings is 1. The Morgan fingerprint density at radius 1 is 1.24 bits per heavy atom. The van der Waals surface area contributed by atoms with Crippen LogP contribution in [-0.4, -0.2) is 46.5 Å². The highest BCUT2D eigenvalue weighted by Crippen LogP contribution is 2.35. The Bertz CT molecular complexity index is 1040. The quantitative estimate of drug-likeness (QED) is 0.597. The summed E-state index contributed by atoms with van der Waals surface area (Å²) in [5, 5.41) is 6.52. The Balaban J connectivity index is 1.46. The fourth-order valence-corrected chi connectivity index (χ4v) is 2.82. The Morgan fingerprint density at radius 2 is 2.10 bits per heavy atom. The molecule has 0 saturated carbocycles. The third-order valence-electron chi connectivity index (χ3n) is 4.15. The van der Waals surface area contributed by atoms with Gasteiger partial charge in [-0.15, -0.1) is 0 Å². The molecular weight excluding hydrogens is 380 g/mol. The fraction of sp³-hybridized carbons (Fsp3) is 0.263. The zero-order valence-electron chi connectivity index (χ0n) is 15.6. The van der Waals surface area contributed by atoms with Crippen molar-refractivity contribution < 1.29 is 28.3 Å². The average molecular weight is 398 g/mol. The van der Waals surface area contributed by atoms with Gasteiger partial charge in [0.1, 0.15) is 18.8 Å². The summed E-state index contributed by atoms with van der Waals surface area (Å²) in [5.74, 6) is 1.11. The van der Waals surface area contributed by atoms with Gasteiger partial charge in [-0.2, -0.15) is 4.98 Å². The number of fused-ring (bicyclic) bond motifs is 1. The highest BCUT2D eigenvalue weighted by molar-refractivity contribution is 5.82. The summed E-state index contributed by atoms with van der Waals surface area (Å²) >= 11 is 0. The molecular formula is C19H18N4O6. The third-order valence-corrected chi connectivity index (χ3v) is 4.15. The third kappa shape index (κ3) is 4.05. The molecule has 0 aliphatic carbocycles. The standard InChI is InChI=1S/C19H18N4O6/c1-2-26-17(25)9-20-16(24)10-23-7-3-4-13(23)19-21-18(22-29-19)12-5-6-14-15(8-12)28-11-27-14/h3-8H,2,9-11H2,1H3,(H,20,24). The summed E-state index contributed by atoms with van der Waals surface area (Å²) in [6.45, 7) is 1.96. The van der Waals surface area contributed by atoms with E-state index in [1.54, 1.807) is 42.0 Å². The van der Waals surface area contributed by atoms with Crippen LogP contribution in [0.15, 0.2) is 41.1 Å². The SMILES string of the molecule is CCOC(=O)CNC(=O)Cn1cccc1-c1nc(-c2ccc3c(c2)OCO3)no1. The van der Waals surface area contributed by atoms with Crippen LogP contribution < -0.4 is 14.8 Å². The number of aromatic nitrogens is 3. The lowest BCUT2D eigenvalue weighted by molar-refractivity contribution is -0.143. The second kappa shape index (κ2) is 8.05. The van der Waals surface area contributed by atoms with Gasteiger partial charge in [-0.3, -0.25) is 9.59 Å². The second-order valence-electron chi connectivity index (χ2n) is 6.09. The van der Waals surface area contributed by atoms with Crippen molar-refractivity contribution in [2.75, 3.05) is 19.9 Å². The second-order valence-corrected chi connectivity index (χ2v) is 6.09. The van der Waals surface area contributed by atoms with Crippen molar-refractivity contribution in [1.82, 2.24) is 20.0 Å². The molecule has 0 saturated heterocycles. The van der Waals surface area contributed by atoms with E-state index >= 15 is 0 Å². The highest BCUT2D eigenvalue weighted by Gasteiger charge is 2.19. The molecule has 3 heterocycles. The summed E-state index contributed by atoms with van der Waals surface area (Å²) in [5.41, 5.74) is 1.30. The van der Waals surface area contributed by atoms with Gasteiger partial charge in [0.15, 0.2) is 11.5 Å². The molecule has 1 amide bonds. The largest absolute Gasteiger partial charge is 0.465 e. The first-order valence-corrected chi connectivity index (χ1v) is 8.95. The number of carbonyl (C=O) groups is 2. The zero-order chi connectivity index (χ0) is 20.2. The van der Waals surface area contributed by atoms with Crippen molar-refractivity contribution in [3.63, 3.8) is 0 Å². The first-order chi connectivity index (χ1) is 14.1. The van der Waals surface area contributed by atoms with Crippen LogP contribution in [0.25, 0.3) is 23.0 Å². The van der Waals surface area contributed by atoms with Gasteiger partial charge >= 0.3 is 5.97 Å². The number of hydrogen-bond acceptors (Lipinski definition) is 8. The molecule has 10 heteroatoms. The first kappa shape index (κ1) is 18.5. The van der Waals surface area contributed by atoms with Gasteiger partial charge in [-0.1, -0.05) is 5.16 Å². The van der Waals surface area contributed by atoms with Gasteiger partial charge < -0.3 is 28.6 Å². The number of carbonyl (C=O) groups excluding carboxylic acids is 2. The molecule has 0 fully saturated rings. The molecule has 29 heavy (non-hydrogen) atoms. The molecule has 0 unspecified atom stereocenters. The molecule has 0 bridgehead atoms. The Morgan fingerprint density at radius 3 is 2.97 bits per heavy atom. The summed E-state index contributed by atoms with van der Waals surface area (Å²) < 4.78 is 22.5. The minimum atomic E-state index is -0.487. The number of nitrogens with zero attached hydrogens (tertiary/aromatic N) is 3. The van der Waals surface area contributed by atoms with Crippen LogP contribution in [-0.2, 0) is 20.9 Å². The van der Waals surface area contributed by atoms with Gasteiger partial charge in [0, 0.05) is 11.8 Å².